The van der Waals surface area contributed by atoms with Gasteiger partial charge in [-0.25, -0.2) is 0 Å². The van der Waals surface area contributed by atoms with Gasteiger partial charge in [0, 0.05) is 5.69 Å². The first-order valence-electron chi connectivity index (χ1n) is 8.04. The molecule has 0 aromatic heterocycles. The molecule has 1 fully saturated rings. The fraction of sp³-hybridized carbons (Fsp3) is 0.316. The van der Waals surface area contributed by atoms with E-state index in [-0.39, 0.29) is 12.5 Å². The Hall–Kier alpha value is -1.59. The number of carbonyl (C=O) groups excluding carboxylic acids is 1. The predicted molar refractivity (Wildman–Crippen MR) is 104 cm³/mol. The molecule has 1 N–H and O–H groups in total. The molecule has 3 nitrogen and oxygen atoms in total. The van der Waals surface area contributed by atoms with Crippen LogP contribution in [0.1, 0.15) is 22.1 Å². The van der Waals surface area contributed by atoms with E-state index in [0.29, 0.717) is 4.58 Å². The predicted octanol–water partition coefficient (Wildman–Crippen LogP) is 4.88. The van der Waals surface area contributed by atoms with Crippen LogP contribution in [-0.4, -0.2) is 24.0 Å². The number of amides is 1. The highest BCUT2D eigenvalue weighted by molar-refractivity contribution is 8.16. The van der Waals surface area contributed by atoms with Gasteiger partial charge >= 0.3 is 0 Å². The quantitative estimate of drug-likeness (QED) is 0.825. The van der Waals surface area contributed by atoms with Crippen molar-refractivity contribution in [1.82, 2.24) is 0 Å². The number of thioether (sulfide) groups is 2. The van der Waals surface area contributed by atoms with Crippen LogP contribution in [0.15, 0.2) is 48.5 Å². The highest BCUT2D eigenvalue weighted by Gasteiger charge is 2.17. The highest BCUT2D eigenvalue weighted by Crippen LogP contribution is 2.44. The van der Waals surface area contributed by atoms with Crippen LogP contribution in [0.25, 0.3) is 0 Å². The van der Waals surface area contributed by atoms with E-state index in [0.717, 1.165) is 17.0 Å². The second-order valence-electron chi connectivity index (χ2n) is 5.65. The topological polar surface area (TPSA) is 38.3 Å². The smallest absolute Gasteiger partial charge is 0.262 e. The molecule has 1 amide bonds. The molecule has 0 saturated carbocycles. The van der Waals surface area contributed by atoms with Crippen molar-refractivity contribution in [1.29, 1.82) is 0 Å². The van der Waals surface area contributed by atoms with Crippen LogP contribution in [0.2, 0.25) is 0 Å². The molecule has 24 heavy (non-hydrogen) atoms. The monoisotopic (exact) mass is 359 g/mol. The molecule has 126 valence electrons. The Balaban J connectivity index is 1.57. The number of para-hydroxylation sites is 1. The number of carbonyl (C=O) groups is 1. The van der Waals surface area contributed by atoms with Gasteiger partial charge < -0.3 is 10.1 Å². The maximum absolute atomic E-state index is 12.1. The molecule has 0 spiro atoms. The van der Waals surface area contributed by atoms with E-state index >= 15 is 0 Å². The van der Waals surface area contributed by atoms with E-state index < -0.39 is 0 Å². The number of anilines is 1. The fourth-order valence-electron chi connectivity index (χ4n) is 2.50. The summed E-state index contributed by atoms with van der Waals surface area (Å²) in [7, 11) is 0. The van der Waals surface area contributed by atoms with Crippen molar-refractivity contribution in [2.24, 2.45) is 0 Å². The average molecular weight is 360 g/mol. The molecular formula is C19H21NO2S2. The van der Waals surface area contributed by atoms with Crippen LogP contribution in [0, 0.1) is 6.92 Å². The summed E-state index contributed by atoms with van der Waals surface area (Å²) >= 11 is 3.96. The molecule has 0 atom stereocenters. The Morgan fingerprint density at radius 1 is 1.17 bits per heavy atom. The lowest BCUT2D eigenvalue weighted by Crippen LogP contribution is -2.20. The van der Waals surface area contributed by atoms with Gasteiger partial charge in [-0.2, -0.15) is 0 Å². The Kier molecular flexibility index (Phi) is 6.10. The third kappa shape index (κ3) is 4.71. The summed E-state index contributed by atoms with van der Waals surface area (Å²) < 4.78 is 6.07. The summed E-state index contributed by atoms with van der Waals surface area (Å²) in [5, 5.41) is 2.93. The zero-order valence-corrected chi connectivity index (χ0v) is 15.3. The maximum atomic E-state index is 12.1. The van der Waals surface area contributed by atoms with E-state index in [1.54, 1.807) is 0 Å². The summed E-state index contributed by atoms with van der Waals surface area (Å²) in [5.41, 5.74) is 3.12. The largest absolute Gasteiger partial charge is 0.483 e. The van der Waals surface area contributed by atoms with Crippen molar-refractivity contribution < 1.29 is 9.53 Å². The molecule has 1 aliphatic heterocycles. The van der Waals surface area contributed by atoms with Crippen molar-refractivity contribution in [3.63, 3.8) is 0 Å². The van der Waals surface area contributed by atoms with E-state index in [1.165, 1.54) is 23.5 Å². The van der Waals surface area contributed by atoms with Crippen molar-refractivity contribution >= 4 is 35.1 Å². The average Bonchev–Trinajstić information content (AvgIpc) is 2.62. The first-order valence-corrected chi connectivity index (χ1v) is 10.1. The standard InChI is InChI=1S/C19H21NO2S2/c1-14-6-2-3-9-17(14)22-13-18(21)20-16-8-4-7-15(12-16)19-23-10-5-11-24-19/h2-4,6-9,12,19H,5,10-11,13H2,1H3,(H,20,21). The van der Waals surface area contributed by atoms with Gasteiger partial charge in [-0.05, 0) is 54.2 Å². The van der Waals surface area contributed by atoms with Gasteiger partial charge in [-0.1, -0.05) is 30.3 Å². The maximum Gasteiger partial charge on any atom is 0.262 e. The highest BCUT2D eigenvalue weighted by atomic mass is 32.2. The number of nitrogens with one attached hydrogen (secondary N) is 1. The van der Waals surface area contributed by atoms with E-state index in [9.17, 15) is 4.79 Å². The number of hydrogen-bond acceptors (Lipinski definition) is 4. The lowest BCUT2D eigenvalue weighted by Gasteiger charge is -2.21. The molecule has 0 radical (unpaired) electrons. The minimum absolute atomic E-state index is 0.0159. The second-order valence-corrected chi connectivity index (χ2v) is 8.38. The molecule has 5 heteroatoms. The molecule has 3 rings (SSSR count). The van der Waals surface area contributed by atoms with Crippen LogP contribution in [0.5, 0.6) is 5.75 Å². The normalized spacial score (nSPS) is 15.0. The van der Waals surface area contributed by atoms with Crippen LogP contribution >= 0.6 is 23.5 Å². The first-order chi connectivity index (χ1) is 11.7. The van der Waals surface area contributed by atoms with Crippen LogP contribution in [-0.2, 0) is 4.79 Å². The van der Waals surface area contributed by atoms with Gasteiger partial charge in [0.05, 0.1) is 4.58 Å². The van der Waals surface area contributed by atoms with Crippen molar-refractivity contribution in [3.8, 4) is 5.75 Å². The van der Waals surface area contributed by atoms with Gasteiger partial charge in [-0.3, -0.25) is 4.79 Å². The molecule has 0 bridgehead atoms. The van der Waals surface area contributed by atoms with Gasteiger partial charge in [-0.15, -0.1) is 23.5 Å². The Labute approximate surface area is 151 Å². The molecule has 2 aromatic rings. The van der Waals surface area contributed by atoms with Crippen LogP contribution in [0.3, 0.4) is 0 Å². The molecule has 1 aliphatic rings. The molecule has 2 aromatic carbocycles. The van der Waals surface area contributed by atoms with Gasteiger partial charge in [0.2, 0.25) is 0 Å². The lowest BCUT2D eigenvalue weighted by molar-refractivity contribution is -0.118. The van der Waals surface area contributed by atoms with Crippen LogP contribution in [0.4, 0.5) is 5.69 Å². The zero-order valence-electron chi connectivity index (χ0n) is 13.7. The zero-order chi connectivity index (χ0) is 16.8. The summed E-state index contributed by atoms with van der Waals surface area (Å²) in [6.45, 7) is 1.98. The summed E-state index contributed by atoms with van der Waals surface area (Å²) in [4.78, 5) is 12.1. The molecule has 1 saturated heterocycles. The van der Waals surface area contributed by atoms with Crippen LogP contribution < -0.4 is 10.1 Å². The number of ether oxygens (including phenoxy) is 1. The fourth-order valence-corrected chi connectivity index (χ4v) is 5.38. The molecule has 1 heterocycles. The van der Waals surface area contributed by atoms with Gasteiger partial charge in [0.25, 0.3) is 5.91 Å². The number of hydrogen-bond donors (Lipinski definition) is 1. The van der Waals surface area contributed by atoms with Crippen molar-refractivity contribution in [3.05, 3.63) is 59.7 Å². The van der Waals surface area contributed by atoms with E-state index in [2.05, 4.69) is 17.4 Å². The Bertz CT molecular complexity index is 699. The summed E-state index contributed by atoms with van der Waals surface area (Å²) in [6.07, 6.45) is 1.28. The number of benzene rings is 2. The molecular weight excluding hydrogens is 338 g/mol. The van der Waals surface area contributed by atoms with Gasteiger partial charge in [0.1, 0.15) is 5.75 Å². The molecule has 0 aliphatic carbocycles. The Morgan fingerprint density at radius 3 is 2.75 bits per heavy atom. The van der Waals surface area contributed by atoms with Gasteiger partial charge in [0.15, 0.2) is 6.61 Å². The number of rotatable bonds is 5. The SMILES string of the molecule is Cc1ccccc1OCC(=O)Nc1cccc(C2SCCCS2)c1. The summed E-state index contributed by atoms with van der Waals surface area (Å²) in [6, 6.07) is 15.8. The van der Waals surface area contributed by atoms with Crippen molar-refractivity contribution in [2.45, 2.75) is 17.9 Å². The summed E-state index contributed by atoms with van der Waals surface area (Å²) in [5.74, 6) is 3.02. The minimum atomic E-state index is -0.139. The second kappa shape index (κ2) is 8.49. The van der Waals surface area contributed by atoms with E-state index in [4.69, 9.17) is 4.74 Å². The van der Waals surface area contributed by atoms with E-state index in [1.807, 2.05) is 66.8 Å². The third-order valence-corrected chi connectivity index (χ3v) is 6.74. The number of aryl methyl sites for hydroxylation is 1. The third-order valence-electron chi connectivity index (χ3n) is 3.72. The molecule has 0 unspecified atom stereocenters. The minimum Gasteiger partial charge on any atom is -0.483 e. The van der Waals surface area contributed by atoms with Crippen molar-refractivity contribution in [2.75, 3.05) is 23.4 Å². The lowest BCUT2D eigenvalue weighted by atomic mass is 10.2. The first kappa shape index (κ1) is 17.2. The Morgan fingerprint density at radius 2 is 1.96 bits per heavy atom.